The first kappa shape index (κ1) is 11.6. The molecule has 0 spiro atoms. The lowest BCUT2D eigenvalue weighted by atomic mass is 10.2. The van der Waals surface area contributed by atoms with Crippen LogP contribution in [-0.2, 0) is 6.54 Å². The highest BCUT2D eigenvalue weighted by molar-refractivity contribution is 5.27. The Morgan fingerprint density at radius 1 is 1.00 bits per heavy atom. The van der Waals surface area contributed by atoms with E-state index >= 15 is 0 Å². The van der Waals surface area contributed by atoms with Crippen LogP contribution in [0.2, 0.25) is 0 Å². The number of hydrogen-bond donors (Lipinski definition) is 0. The summed E-state index contributed by atoms with van der Waals surface area (Å²) in [6.45, 7) is 0.624. The number of hydrogen-bond acceptors (Lipinski definition) is 1. The smallest absolute Gasteiger partial charge is 0.406 e. The van der Waals surface area contributed by atoms with Crippen LogP contribution in [0.15, 0.2) is 48.8 Å². The van der Waals surface area contributed by atoms with Crippen LogP contribution in [-0.4, -0.2) is 10.9 Å². The highest BCUT2D eigenvalue weighted by Crippen LogP contribution is 2.22. The summed E-state index contributed by atoms with van der Waals surface area (Å²) in [6.07, 6.45) is -0.859. The Morgan fingerprint density at radius 2 is 1.59 bits per heavy atom. The van der Waals surface area contributed by atoms with Crippen molar-refractivity contribution in [1.82, 2.24) is 4.57 Å². The number of nitrogens with zero attached hydrogens (tertiary/aromatic N) is 1. The molecule has 0 saturated heterocycles. The minimum absolute atomic E-state index is 0.200. The quantitative estimate of drug-likeness (QED) is 0.802. The second-order valence-corrected chi connectivity index (χ2v) is 3.55. The lowest BCUT2D eigenvalue weighted by Gasteiger charge is -2.09. The number of halogens is 3. The van der Waals surface area contributed by atoms with E-state index in [4.69, 9.17) is 0 Å². The third kappa shape index (κ3) is 3.55. The second-order valence-electron chi connectivity index (χ2n) is 3.55. The predicted molar refractivity (Wildman–Crippen MR) is 56.7 cm³/mol. The molecule has 0 radical (unpaired) electrons. The average molecular weight is 241 g/mol. The largest absolute Gasteiger partial charge is 0.573 e. The van der Waals surface area contributed by atoms with Crippen LogP contribution < -0.4 is 4.74 Å². The summed E-state index contributed by atoms with van der Waals surface area (Å²) in [5, 5.41) is 0. The van der Waals surface area contributed by atoms with Gasteiger partial charge in [0, 0.05) is 18.9 Å². The summed E-state index contributed by atoms with van der Waals surface area (Å²) in [5.74, 6) is -0.200. The zero-order valence-electron chi connectivity index (χ0n) is 8.82. The molecule has 0 amide bonds. The maximum Gasteiger partial charge on any atom is 0.573 e. The van der Waals surface area contributed by atoms with Crippen molar-refractivity contribution in [3.05, 3.63) is 54.4 Å². The monoisotopic (exact) mass is 241 g/mol. The molecule has 0 N–H and O–H groups in total. The van der Waals surface area contributed by atoms with Crippen molar-refractivity contribution >= 4 is 0 Å². The Labute approximate surface area is 96.2 Å². The number of benzene rings is 1. The highest BCUT2D eigenvalue weighted by Gasteiger charge is 2.30. The van der Waals surface area contributed by atoms with Crippen molar-refractivity contribution in [1.29, 1.82) is 0 Å². The molecule has 5 heteroatoms. The molecule has 0 aliphatic rings. The lowest BCUT2D eigenvalue weighted by molar-refractivity contribution is -0.274. The minimum Gasteiger partial charge on any atom is -0.406 e. The molecule has 0 bridgehead atoms. The molecule has 2 aromatic rings. The van der Waals surface area contributed by atoms with Crippen molar-refractivity contribution in [3.8, 4) is 5.75 Å². The molecule has 0 unspecified atom stereocenters. The van der Waals surface area contributed by atoms with Crippen LogP contribution in [0.25, 0.3) is 0 Å². The highest BCUT2D eigenvalue weighted by atomic mass is 19.4. The van der Waals surface area contributed by atoms with Crippen LogP contribution in [0.3, 0.4) is 0 Å². The molecule has 2 rings (SSSR count). The molecule has 2 nitrogen and oxygen atoms in total. The average Bonchev–Trinajstić information content (AvgIpc) is 2.71. The van der Waals surface area contributed by atoms with Gasteiger partial charge >= 0.3 is 6.36 Å². The van der Waals surface area contributed by atoms with Gasteiger partial charge < -0.3 is 9.30 Å². The number of rotatable bonds is 3. The number of ether oxygens (including phenoxy) is 1. The van der Waals surface area contributed by atoms with Gasteiger partial charge in [-0.25, -0.2) is 0 Å². The molecule has 0 saturated carbocycles. The Bertz CT molecular complexity index is 459. The van der Waals surface area contributed by atoms with Gasteiger partial charge in [0.1, 0.15) is 5.75 Å². The maximum absolute atomic E-state index is 11.9. The molecular weight excluding hydrogens is 231 g/mol. The molecule has 0 aliphatic heterocycles. The third-order valence-electron chi connectivity index (χ3n) is 2.19. The zero-order chi connectivity index (χ0) is 12.3. The molecule has 0 atom stereocenters. The Kier molecular flexibility index (Phi) is 3.08. The van der Waals surface area contributed by atoms with E-state index < -0.39 is 6.36 Å². The molecule has 1 heterocycles. The topological polar surface area (TPSA) is 14.2 Å². The predicted octanol–water partition coefficient (Wildman–Crippen LogP) is 3.44. The van der Waals surface area contributed by atoms with E-state index in [0.717, 1.165) is 5.56 Å². The van der Waals surface area contributed by atoms with Gasteiger partial charge in [-0.3, -0.25) is 0 Å². The van der Waals surface area contributed by atoms with Gasteiger partial charge in [0.15, 0.2) is 0 Å². The molecule has 17 heavy (non-hydrogen) atoms. The molecule has 0 aliphatic carbocycles. The summed E-state index contributed by atoms with van der Waals surface area (Å²) in [4.78, 5) is 0. The first-order chi connectivity index (χ1) is 8.03. The fourth-order valence-electron chi connectivity index (χ4n) is 1.48. The van der Waals surface area contributed by atoms with Gasteiger partial charge in [-0.05, 0) is 29.8 Å². The summed E-state index contributed by atoms with van der Waals surface area (Å²) in [5.41, 5.74) is 0.913. The minimum atomic E-state index is -4.64. The van der Waals surface area contributed by atoms with E-state index in [1.165, 1.54) is 12.1 Å². The molecule has 90 valence electrons. The Hall–Kier alpha value is -1.91. The van der Waals surface area contributed by atoms with Crippen molar-refractivity contribution in [2.24, 2.45) is 0 Å². The van der Waals surface area contributed by atoms with Crippen LogP contribution in [0.1, 0.15) is 5.56 Å². The fourth-order valence-corrected chi connectivity index (χ4v) is 1.48. The van der Waals surface area contributed by atoms with Crippen molar-refractivity contribution in [2.75, 3.05) is 0 Å². The third-order valence-corrected chi connectivity index (χ3v) is 2.19. The number of aromatic nitrogens is 1. The van der Waals surface area contributed by atoms with E-state index in [9.17, 15) is 13.2 Å². The van der Waals surface area contributed by atoms with Gasteiger partial charge in [0.25, 0.3) is 0 Å². The van der Waals surface area contributed by atoms with Gasteiger partial charge in [0.05, 0.1) is 0 Å². The Balaban J connectivity index is 2.03. The zero-order valence-corrected chi connectivity index (χ0v) is 8.82. The van der Waals surface area contributed by atoms with Crippen LogP contribution in [0.4, 0.5) is 13.2 Å². The van der Waals surface area contributed by atoms with Gasteiger partial charge in [-0.15, -0.1) is 13.2 Å². The fraction of sp³-hybridized carbons (Fsp3) is 0.167. The van der Waals surface area contributed by atoms with E-state index in [-0.39, 0.29) is 5.75 Å². The molecule has 1 aromatic carbocycles. The maximum atomic E-state index is 11.9. The first-order valence-electron chi connectivity index (χ1n) is 4.98. The Morgan fingerprint density at radius 3 is 2.12 bits per heavy atom. The van der Waals surface area contributed by atoms with Crippen LogP contribution >= 0.6 is 0 Å². The summed E-state index contributed by atoms with van der Waals surface area (Å²) < 4.78 is 41.5. The first-order valence-corrected chi connectivity index (χ1v) is 4.98. The van der Waals surface area contributed by atoms with E-state index in [0.29, 0.717) is 6.54 Å². The van der Waals surface area contributed by atoms with Gasteiger partial charge in [0.2, 0.25) is 0 Å². The van der Waals surface area contributed by atoms with Crippen LogP contribution in [0.5, 0.6) is 5.75 Å². The molecule has 1 aromatic heterocycles. The lowest BCUT2D eigenvalue weighted by Crippen LogP contribution is -2.17. The second kappa shape index (κ2) is 4.53. The molecule has 0 fully saturated rings. The summed E-state index contributed by atoms with van der Waals surface area (Å²) in [6, 6.07) is 9.63. The SMILES string of the molecule is FC(F)(F)Oc1ccc(Cn2cccc2)cc1. The molecular formula is C12H10F3NO. The van der Waals surface area contributed by atoms with Crippen LogP contribution in [0, 0.1) is 0 Å². The van der Waals surface area contributed by atoms with E-state index in [1.807, 2.05) is 29.1 Å². The number of alkyl halides is 3. The van der Waals surface area contributed by atoms with Crippen molar-refractivity contribution in [2.45, 2.75) is 12.9 Å². The van der Waals surface area contributed by atoms with Gasteiger partial charge in [-0.1, -0.05) is 12.1 Å². The summed E-state index contributed by atoms with van der Waals surface area (Å²) >= 11 is 0. The van der Waals surface area contributed by atoms with E-state index in [2.05, 4.69) is 4.74 Å². The van der Waals surface area contributed by atoms with E-state index in [1.54, 1.807) is 12.1 Å². The summed E-state index contributed by atoms with van der Waals surface area (Å²) in [7, 11) is 0. The van der Waals surface area contributed by atoms with Crippen molar-refractivity contribution < 1.29 is 17.9 Å². The van der Waals surface area contributed by atoms with Gasteiger partial charge in [-0.2, -0.15) is 0 Å². The van der Waals surface area contributed by atoms with Crippen molar-refractivity contribution in [3.63, 3.8) is 0 Å². The standard InChI is InChI=1S/C12H10F3NO/c13-12(14,15)17-11-5-3-10(4-6-11)9-16-7-1-2-8-16/h1-8H,9H2. The normalized spacial score (nSPS) is 11.5.